The fourth-order valence-corrected chi connectivity index (χ4v) is 1.92. The maximum absolute atomic E-state index is 12.2. The van der Waals surface area contributed by atoms with Crippen molar-refractivity contribution in [2.75, 3.05) is 0 Å². The van der Waals surface area contributed by atoms with E-state index in [-0.39, 0.29) is 11.6 Å². The Hall–Kier alpha value is -1.38. The van der Waals surface area contributed by atoms with Crippen LogP contribution in [0.3, 0.4) is 0 Å². The van der Waals surface area contributed by atoms with Gasteiger partial charge in [0.05, 0.1) is 11.7 Å². The predicted octanol–water partition coefficient (Wildman–Crippen LogP) is 3.29. The van der Waals surface area contributed by atoms with Crippen LogP contribution in [0.25, 0.3) is 6.08 Å². The minimum absolute atomic E-state index is 0.000000000000000222. The van der Waals surface area contributed by atoms with E-state index in [9.17, 15) is 4.79 Å². The molecule has 0 aromatic carbocycles. The number of aromatic nitrogens is 2. The molecule has 3 nitrogen and oxygen atoms in total. The van der Waals surface area contributed by atoms with Crippen molar-refractivity contribution in [3.05, 3.63) is 33.3 Å². The third kappa shape index (κ3) is 2.65. The normalized spacial score (nSPS) is 12.0. The van der Waals surface area contributed by atoms with Gasteiger partial charge in [-0.25, -0.2) is 4.68 Å². The summed E-state index contributed by atoms with van der Waals surface area (Å²) in [5, 5.41) is 4.48. The van der Waals surface area contributed by atoms with Crippen molar-refractivity contribution in [3.63, 3.8) is 0 Å². The summed E-state index contributed by atoms with van der Waals surface area (Å²) in [6.07, 6.45) is 3.78. The molecule has 1 aromatic rings. The van der Waals surface area contributed by atoms with Crippen LogP contribution in [0.15, 0.2) is 10.9 Å². The largest absolute Gasteiger partial charge is 0.274 e. The lowest BCUT2D eigenvalue weighted by Crippen LogP contribution is -2.29. The van der Waals surface area contributed by atoms with Crippen molar-refractivity contribution in [1.29, 1.82) is 0 Å². The molecule has 94 valence electrons. The van der Waals surface area contributed by atoms with Crippen LogP contribution < -0.4 is 5.56 Å². The van der Waals surface area contributed by atoms with Crippen LogP contribution in [0.4, 0.5) is 0 Å². The average Bonchev–Trinajstić information content (AvgIpc) is 2.23. The Balaban J connectivity index is 3.63. The zero-order valence-electron chi connectivity index (χ0n) is 11.6. The van der Waals surface area contributed by atoms with Crippen LogP contribution in [0.1, 0.15) is 63.4 Å². The van der Waals surface area contributed by atoms with E-state index in [1.54, 1.807) is 4.68 Å². The number of allylic oxidation sites excluding steroid dienone is 1. The Morgan fingerprint density at radius 2 is 1.82 bits per heavy atom. The summed E-state index contributed by atoms with van der Waals surface area (Å²) in [5.41, 5.74) is 2.77. The third-order valence-electron chi connectivity index (χ3n) is 2.81. The van der Waals surface area contributed by atoms with E-state index in [2.05, 4.69) is 18.9 Å². The predicted molar refractivity (Wildman–Crippen MR) is 72.4 cm³/mol. The molecule has 0 saturated heterocycles. The second-order valence-electron chi connectivity index (χ2n) is 4.92. The lowest BCUT2D eigenvalue weighted by Gasteiger charge is -2.16. The molecule has 0 amide bonds. The molecule has 0 aliphatic heterocycles. The summed E-state index contributed by atoms with van der Waals surface area (Å²) in [6.45, 7) is 12.1. The van der Waals surface area contributed by atoms with E-state index in [4.69, 9.17) is 0 Å². The first-order valence-corrected chi connectivity index (χ1v) is 6.16. The molecule has 0 radical (unpaired) electrons. The summed E-state index contributed by atoms with van der Waals surface area (Å²) in [5.74, 6) is 0.324. The van der Waals surface area contributed by atoms with Crippen LogP contribution in [0.2, 0.25) is 0 Å². The quantitative estimate of drug-likeness (QED) is 0.804. The van der Waals surface area contributed by atoms with Crippen molar-refractivity contribution in [2.45, 2.75) is 53.5 Å². The Morgan fingerprint density at radius 1 is 1.24 bits per heavy atom. The number of hydrogen-bond donors (Lipinski definition) is 0. The van der Waals surface area contributed by atoms with Gasteiger partial charge >= 0.3 is 0 Å². The molecule has 0 N–H and O–H groups in total. The lowest BCUT2D eigenvalue weighted by molar-refractivity contribution is 0.485. The minimum Gasteiger partial charge on any atom is -0.267 e. The standard InChI is InChI=1S/C14H22N2O/c1-7-8-12-11(6)13(9(2)3)15-16(10(4)5)14(12)17/h7-10H,1-6H3/b8-7-. The first kappa shape index (κ1) is 13.7. The second-order valence-corrected chi connectivity index (χ2v) is 4.92. The lowest BCUT2D eigenvalue weighted by atomic mass is 10.0. The molecular formula is C14H22N2O. The maximum Gasteiger partial charge on any atom is 0.274 e. The van der Waals surface area contributed by atoms with Gasteiger partial charge in [0.25, 0.3) is 5.56 Å². The molecule has 0 aliphatic carbocycles. The van der Waals surface area contributed by atoms with E-state index < -0.39 is 0 Å². The van der Waals surface area contributed by atoms with Gasteiger partial charge in [-0.3, -0.25) is 4.79 Å². The number of hydrogen-bond acceptors (Lipinski definition) is 2. The van der Waals surface area contributed by atoms with Gasteiger partial charge in [-0.15, -0.1) is 0 Å². The molecule has 0 fully saturated rings. The van der Waals surface area contributed by atoms with Crippen molar-refractivity contribution < 1.29 is 0 Å². The van der Waals surface area contributed by atoms with Crippen LogP contribution in [0.5, 0.6) is 0 Å². The molecule has 1 aromatic heterocycles. The zero-order valence-corrected chi connectivity index (χ0v) is 11.6. The van der Waals surface area contributed by atoms with Gasteiger partial charge in [0.1, 0.15) is 0 Å². The highest BCUT2D eigenvalue weighted by atomic mass is 16.1. The van der Waals surface area contributed by atoms with Crippen molar-refractivity contribution in [2.24, 2.45) is 0 Å². The molecule has 0 spiro atoms. The zero-order chi connectivity index (χ0) is 13.2. The molecule has 1 rings (SSSR count). The highest BCUT2D eigenvalue weighted by Crippen LogP contribution is 2.19. The van der Waals surface area contributed by atoms with Gasteiger partial charge in [0, 0.05) is 5.56 Å². The molecule has 1 heterocycles. The smallest absolute Gasteiger partial charge is 0.267 e. The molecule has 0 aliphatic rings. The van der Waals surface area contributed by atoms with Gasteiger partial charge in [0.2, 0.25) is 0 Å². The van der Waals surface area contributed by atoms with Gasteiger partial charge in [0.15, 0.2) is 0 Å². The van der Waals surface area contributed by atoms with Gasteiger partial charge in [-0.05, 0) is 39.2 Å². The Labute approximate surface area is 103 Å². The second kappa shape index (κ2) is 5.30. The van der Waals surface area contributed by atoms with Crippen molar-refractivity contribution in [1.82, 2.24) is 9.78 Å². The third-order valence-corrected chi connectivity index (χ3v) is 2.81. The van der Waals surface area contributed by atoms with Crippen molar-refractivity contribution in [3.8, 4) is 0 Å². The van der Waals surface area contributed by atoms with Crippen molar-refractivity contribution >= 4 is 6.08 Å². The summed E-state index contributed by atoms with van der Waals surface area (Å²) < 4.78 is 1.58. The first-order chi connectivity index (χ1) is 7.90. The molecular weight excluding hydrogens is 212 g/mol. The van der Waals surface area contributed by atoms with E-state index in [0.717, 1.165) is 16.8 Å². The summed E-state index contributed by atoms with van der Waals surface area (Å²) in [4.78, 5) is 12.2. The number of nitrogens with zero attached hydrogens (tertiary/aromatic N) is 2. The van der Waals surface area contributed by atoms with Gasteiger partial charge < -0.3 is 0 Å². The fraction of sp³-hybridized carbons (Fsp3) is 0.571. The molecule has 17 heavy (non-hydrogen) atoms. The summed E-state index contributed by atoms with van der Waals surface area (Å²) >= 11 is 0. The average molecular weight is 234 g/mol. The van der Waals surface area contributed by atoms with E-state index in [1.165, 1.54) is 0 Å². The van der Waals surface area contributed by atoms with E-state index in [1.807, 2.05) is 39.8 Å². The highest BCUT2D eigenvalue weighted by Gasteiger charge is 2.15. The molecule has 0 unspecified atom stereocenters. The van der Waals surface area contributed by atoms with Crippen LogP contribution in [0, 0.1) is 6.92 Å². The number of rotatable bonds is 3. The Morgan fingerprint density at radius 3 is 2.24 bits per heavy atom. The van der Waals surface area contributed by atoms with Crippen LogP contribution in [-0.4, -0.2) is 9.78 Å². The summed E-state index contributed by atoms with van der Waals surface area (Å²) in [7, 11) is 0. The van der Waals surface area contributed by atoms with E-state index in [0.29, 0.717) is 5.92 Å². The van der Waals surface area contributed by atoms with E-state index >= 15 is 0 Å². The first-order valence-electron chi connectivity index (χ1n) is 6.16. The molecule has 0 saturated carbocycles. The minimum atomic E-state index is 0.000000000000000222. The highest BCUT2D eigenvalue weighted by molar-refractivity contribution is 5.53. The fourth-order valence-electron chi connectivity index (χ4n) is 1.92. The molecule has 0 atom stereocenters. The Bertz CT molecular complexity index is 482. The molecule has 0 bridgehead atoms. The maximum atomic E-state index is 12.2. The molecule has 3 heteroatoms. The van der Waals surface area contributed by atoms with Gasteiger partial charge in [-0.1, -0.05) is 26.0 Å². The van der Waals surface area contributed by atoms with Crippen LogP contribution in [-0.2, 0) is 0 Å². The monoisotopic (exact) mass is 234 g/mol. The summed E-state index contributed by atoms with van der Waals surface area (Å²) in [6, 6.07) is 0.0876. The Kier molecular flexibility index (Phi) is 4.27. The van der Waals surface area contributed by atoms with Crippen LogP contribution >= 0.6 is 0 Å². The SMILES string of the molecule is C/C=C\c1c(C)c(C(C)C)nn(C(C)C)c1=O. The van der Waals surface area contributed by atoms with Gasteiger partial charge in [-0.2, -0.15) is 5.10 Å². The topological polar surface area (TPSA) is 34.9 Å².